The van der Waals surface area contributed by atoms with Crippen molar-refractivity contribution in [2.75, 3.05) is 26.1 Å². The minimum Gasteiger partial charge on any atom is -0.469 e. The number of aromatic nitrogens is 4. The van der Waals surface area contributed by atoms with Gasteiger partial charge in [-0.3, -0.25) is 14.2 Å². The van der Waals surface area contributed by atoms with Gasteiger partial charge in [0.15, 0.2) is 21.7 Å². The van der Waals surface area contributed by atoms with E-state index in [2.05, 4.69) is 30.9 Å². The van der Waals surface area contributed by atoms with Crippen LogP contribution in [0, 0.1) is 0 Å². The molecule has 164 valence electrons. The van der Waals surface area contributed by atoms with Crippen molar-refractivity contribution >= 4 is 44.9 Å². The van der Waals surface area contributed by atoms with Crippen molar-refractivity contribution in [3.05, 3.63) is 40.1 Å². The number of hydrogen-bond acceptors (Lipinski definition) is 9. The molecule has 3 aromatic rings. The number of methoxy groups -OCH3 is 1. The zero-order valence-electron chi connectivity index (χ0n) is 17.1. The maximum absolute atomic E-state index is 11.6. The molecule has 0 spiro atoms. The van der Waals surface area contributed by atoms with Crippen LogP contribution in [0.4, 0.5) is 5.82 Å². The number of ether oxygens (including phenoxy) is 3. The smallest absolute Gasteiger partial charge is 0.320 e. The third kappa shape index (κ3) is 5.91. The van der Waals surface area contributed by atoms with Crippen LogP contribution in [-0.4, -0.2) is 51.8 Å². The molecule has 0 aliphatic carbocycles. The normalized spacial score (nSPS) is 10.8. The molecule has 10 nitrogen and oxygen atoms in total. The van der Waals surface area contributed by atoms with Crippen LogP contribution < -0.4 is 10.5 Å². The Bertz CT molecular complexity index is 1100. The first-order chi connectivity index (χ1) is 14.9. The van der Waals surface area contributed by atoms with Gasteiger partial charge >= 0.3 is 17.9 Å². The average Bonchev–Trinajstić information content (AvgIpc) is 3.04. The maximum atomic E-state index is 11.6. The fraction of sp³-hybridized carbons (Fsp3) is 0.350. The van der Waals surface area contributed by atoms with Gasteiger partial charge in [0.05, 0.1) is 33.3 Å². The molecular formula is C20H22BrN5O5. The van der Waals surface area contributed by atoms with Gasteiger partial charge < -0.3 is 19.9 Å². The highest BCUT2D eigenvalue weighted by Gasteiger charge is 2.16. The first-order valence-electron chi connectivity index (χ1n) is 9.47. The van der Waals surface area contributed by atoms with Crippen molar-refractivity contribution in [3.8, 4) is 6.01 Å². The Balaban J connectivity index is 1.80. The average molecular weight is 492 g/mol. The second-order valence-electron chi connectivity index (χ2n) is 6.65. The van der Waals surface area contributed by atoms with E-state index in [4.69, 9.17) is 19.9 Å². The Morgan fingerprint density at radius 2 is 1.94 bits per heavy atom. The van der Waals surface area contributed by atoms with Crippen molar-refractivity contribution in [1.82, 2.24) is 19.5 Å². The van der Waals surface area contributed by atoms with Gasteiger partial charge in [-0.2, -0.15) is 9.97 Å². The van der Waals surface area contributed by atoms with E-state index in [1.54, 1.807) is 0 Å². The lowest BCUT2D eigenvalue weighted by Crippen LogP contribution is -2.09. The third-order valence-electron chi connectivity index (χ3n) is 4.29. The number of nitrogens with two attached hydrogens (primary N) is 1. The lowest BCUT2D eigenvalue weighted by molar-refractivity contribution is -0.141. The summed E-state index contributed by atoms with van der Waals surface area (Å²) in [5.74, 6) is -0.451. The van der Waals surface area contributed by atoms with Crippen LogP contribution in [0.3, 0.4) is 0 Å². The topological polar surface area (TPSA) is 131 Å². The summed E-state index contributed by atoms with van der Waals surface area (Å²) in [6.07, 6.45) is 0.688. The fourth-order valence-corrected chi connectivity index (χ4v) is 3.35. The van der Waals surface area contributed by atoms with Crippen LogP contribution in [0.5, 0.6) is 6.01 Å². The van der Waals surface area contributed by atoms with E-state index in [-0.39, 0.29) is 43.4 Å². The zero-order chi connectivity index (χ0) is 22.4. The van der Waals surface area contributed by atoms with Gasteiger partial charge in [0.25, 0.3) is 0 Å². The summed E-state index contributed by atoms with van der Waals surface area (Å²) in [6, 6.07) is 7.72. The van der Waals surface area contributed by atoms with Crippen molar-refractivity contribution in [2.45, 2.75) is 26.3 Å². The molecule has 31 heavy (non-hydrogen) atoms. The summed E-state index contributed by atoms with van der Waals surface area (Å²) < 4.78 is 17.5. The van der Waals surface area contributed by atoms with Crippen molar-refractivity contribution in [1.29, 1.82) is 0 Å². The third-order valence-corrected chi connectivity index (χ3v) is 4.89. The van der Waals surface area contributed by atoms with Crippen LogP contribution in [-0.2, 0) is 32.0 Å². The molecule has 0 saturated heterocycles. The van der Waals surface area contributed by atoms with Crippen molar-refractivity contribution in [3.63, 3.8) is 0 Å². The Kier molecular flexibility index (Phi) is 7.40. The van der Waals surface area contributed by atoms with Gasteiger partial charge in [0, 0.05) is 13.3 Å². The number of nitrogen functional groups attached to an aromatic ring is 1. The highest BCUT2D eigenvalue weighted by molar-refractivity contribution is 9.10. The standard InChI is InChI=1S/C20H22BrN5O5/c1-12(27)30-7-4-8-31-20-24-17(22)16-18(25-20)26(19(21)23-16)11-14-6-3-5-13(9-14)10-15(28)29-2/h3,5-6,9H,4,7-8,10-11H2,1-2H3,(H2,22,24,25). The van der Waals surface area contributed by atoms with Crippen LogP contribution in [0.15, 0.2) is 29.0 Å². The van der Waals surface area contributed by atoms with Crippen molar-refractivity contribution in [2.24, 2.45) is 0 Å². The van der Waals surface area contributed by atoms with Crippen LogP contribution in [0.2, 0.25) is 0 Å². The largest absolute Gasteiger partial charge is 0.469 e. The number of hydrogen-bond donors (Lipinski definition) is 1. The van der Waals surface area contributed by atoms with E-state index < -0.39 is 0 Å². The number of rotatable bonds is 9. The summed E-state index contributed by atoms with van der Waals surface area (Å²) >= 11 is 3.45. The second kappa shape index (κ2) is 10.2. The Labute approximate surface area is 186 Å². The highest BCUT2D eigenvalue weighted by atomic mass is 79.9. The molecule has 0 unspecified atom stereocenters. The second-order valence-corrected chi connectivity index (χ2v) is 7.35. The predicted octanol–water partition coefficient (Wildman–Crippen LogP) is 2.27. The molecule has 0 fully saturated rings. The predicted molar refractivity (Wildman–Crippen MR) is 115 cm³/mol. The monoisotopic (exact) mass is 491 g/mol. The summed E-state index contributed by atoms with van der Waals surface area (Å²) in [5.41, 5.74) is 8.79. The quantitative estimate of drug-likeness (QED) is 0.271. The molecule has 0 aliphatic heterocycles. The van der Waals surface area contributed by atoms with Gasteiger partial charge in [-0.1, -0.05) is 24.3 Å². The fourth-order valence-electron chi connectivity index (χ4n) is 2.88. The number of anilines is 1. The molecular weight excluding hydrogens is 470 g/mol. The number of halogens is 1. The number of nitrogens with zero attached hydrogens (tertiary/aromatic N) is 4. The number of benzene rings is 1. The van der Waals surface area contributed by atoms with E-state index in [0.717, 1.165) is 11.1 Å². The van der Waals surface area contributed by atoms with Crippen LogP contribution in [0.25, 0.3) is 11.2 Å². The molecule has 1 aromatic carbocycles. The number of carbonyl (C=O) groups is 2. The first-order valence-corrected chi connectivity index (χ1v) is 10.3. The Morgan fingerprint density at radius 3 is 2.68 bits per heavy atom. The lowest BCUT2D eigenvalue weighted by Gasteiger charge is -2.09. The molecule has 0 radical (unpaired) electrons. The van der Waals surface area contributed by atoms with E-state index in [0.29, 0.717) is 28.9 Å². The summed E-state index contributed by atoms with van der Waals surface area (Å²) in [6.45, 7) is 2.30. The molecule has 2 aromatic heterocycles. The molecule has 0 saturated carbocycles. The summed E-state index contributed by atoms with van der Waals surface area (Å²) in [4.78, 5) is 35.4. The van der Waals surface area contributed by atoms with Crippen LogP contribution >= 0.6 is 15.9 Å². The van der Waals surface area contributed by atoms with E-state index in [1.165, 1.54) is 14.0 Å². The maximum Gasteiger partial charge on any atom is 0.320 e. The molecule has 0 amide bonds. The molecule has 0 bridgehead atoms. The van der Waals surface area contributed by atoms with Gasteiger partial charge in [0.2, 0.25) is 0 Å². The van der Waals surface area contributed by atoms with Gasteiger partial charge in [-0.05, 0) is 27.1 Å². The minimum atomic E-state index is -0.341. The first kappa shape index (κ1) is 22.5. The number of fused-ring (bicyclic) bond motifs is 1. The lowest BCUT2D eigenvalue weighted by atomic mass is 10.1. The zero-order valence-corrected chi connectivity index (χ0v) is 18.7. The van der Waals surface area contributed by atoms with E-state index in [1.807, 2.05) is 28.8 Å². The number of esters is 2. The van der Waals surface area contributed by atoms with Gasteiger partial charge in [-0.25, -0.2) is 4.98 Å². The summed E-state index contributed by atoms with van der Waals surface area (Å²) in [5, 5.41) is 0. The molecule has 11 heteroatoms. The summed E-state index contributed by atoms with van der Waals surface area (Å²) in [7, 11) is 1.36. The molecule has 0 aliphatic rings. The number of carbonyl (C=O) groups excluding carboxylic acids is 2. The van der Waals surface area contributed by atoms with Gasteiger partial charge in [0.1, 0.15) is 0 Å². The Morgan fingerprint density at radius 1 is 1.16 bits per heavy atom. The van der Waals surface area contributed by atoms with E-state index >= 15 is 0 Å². The minimum absolute atomic E-state index is 0.112. The molecule has 2 heterocycles. The molecule has 0 atom stereocenters. The number of imidazole rings is 1. The molecule has 2 N–H and O–H groups in total. The van der Waals surface area contributed by atoms with E-state index in [9.17, 15) is 9.59 Å². The van der Waals surface area contributed by atoms with Gasteiger partial charge in [-0.15, -0.1) is 0 Å². The Hall–Kier alpha value is -3.21. The van der Waals surface area contributed by atoms with Crippen molar-refractivity contribution < 1.29 is 23.8 Å². The van der Waals surface area contributed by atoms with Crippen LogP contribution in [0.1, 0.15) is 24.5 Å². The SMILES string of the molecule is COC(=O)Cc1cccc(Cn2c(Br)nc3c(N)nc(OCCCOC(C)=O)nc32)c1. The highest BCUT2D eigenvalue weighted by Crippen LogP contribution is 2.25. The molecule has 3 rings (SSSR count).